The van der Waals surface area contributed by atoms with Crippen molar-refractivity contribution in [3.8, 4) is 5.75 Å². The maximum atomic E-state index is 10.8. The summed E-state index contributed by atoms with van der Waals surface area (Å²) in [6, 6.07) is 12.2. The molecule has 0 aliphatic heterocycles. The molecule has 0 amide bonds. The third kappa shape index (κ3) is 3.77. The van der Waals surface area contributed by atoms with Crippen molar-refractivity contribution in [1.29, 1.82) is 0 Å². The van der Waals surface area contributed by atoms with E-state index in [9.17, 15) is 4.79 Å². The number of benzene rings is 2. The van der Waals surface area contributed by atoms with Gasteiger partial charge >= 0.3 is 5.97 Å². The molecule has 0 spiro atoms. The molecule has 0 saturated heterocycles. The Kier molecular flexibility index (Phi) is 4.67. The van der Waals surface area contributed by atoms with E-state index in [0.29, 0.717) is 27.8 Å². The maximum absolute atomic E-state index is 10.8. The lowest BCUT2D eigenvalue weighted by Crippen LogP contribution is -2.22. The van der Waals surface area contributed by atoms with E-state index < -0.39 is 12.1 Å². The number of aliphatic carboxylic acids is 1. The number of hydrogen-bond acceptors (Lipinski definition) is 6. The van der Waals surface area contributed by atoms with Crippen molar-refractivity contribution in [3.63, 3.8) is 0 Å². The quantitative estimate of drug-likeness (QED) is 0.748. The summed E-state index contributed by atoms with van der Waals surface area (Å²) in [6.45, 7) is 1.48. The van der Waals surface area contributed by atoms with Crippen LogP contribution in [0.1, 0.15) is 6.92 Å². The third-order valence-electron chi connectivity index (χ3n) is 3.59. The largest absolute Gasteiger partial charge is 0.479 e. The van der Waals surface area contributed by atoms with Crippen LogP contribution in [0.5, 0.6) is 5.75 Å². The van der Waals surface area contributed by atoms with Gasteiger partial charge in [-0.25, -0.2) is 9.78 Å². The fourth-order valence-electron chi connectivity index (χ4n) is 2.16. The van der Waals surface area contributed by atoms with E-state index in [2.05, 4.69) is 15.2 Å². The average molecular weight is 359 g/mol. The van der Waals surface area contributed by atoms with Crippen molar-refractivity contribution in [2.75, 3.05) is 11.9 Å². The molecule has 1 unspecified atom stereocenters. The van der Waals surface area contributed by atoms with Gasteiger partial charge in [0, 0.05) is 17.8 Å². The number of rotatable bonds is 5. The van der Waals surface area contributed by atoms with Crippen LogP contribution in [-0.4, -0.2) is 39.4 Å². The van der Waals surface area contributed by atoms with Crippen molar-refractivity contribution in [3.05, 3.63) is 47.5 Å². The Bertz CT molecular complexity index is 917. The van der Waals surface area contributed by atoms with Crippen molar-refractivity contribution in [2.45, 2.75) is 13.0 Å². The average Bonchev–Trinajstić information content (AvgIpc) is 2.61. The van der Waals surface area contributed by atoms with Gasteiger partial charge in [0.05, 0.1) is 5.52 Å². The Labute approximate surface area is 148 Å². The van der Waals surface area contributed by atoms with Crippen LogP contribution in [0.15, 0.2) is 42.5 Å². The number of halogens is 1. The predicted molar refractivity (Wildman–Crippen MR) is 94.6 cm³/mol. The molecule has 0 saturated carbocycles. The highest BCUT2D eigenvalue weighted by Gasteiger charge is 2.13. The summed E-state index contributed by atoms with van der Waals surface area (Å²) in [7, 11) is 1.81. The van der Waals surface area contributed by atoms with E-state index in [-0.39, 0.29) is 0 Å². The minimum Gasteiger partial charge on any atom is -0.479 e. The molecule has 0 bridgehead atoms. The molecule has 7 nitrogen and oxygen atoms in total. The number of fused-ring (bicyclic) bond motifs is 1. The van der Waals surface area contributed by atoms with Gasteiger partial charge in [-0.15, -0.1) is 10.2 Å². The first-order chi connectivity index (χ1) is 11.9. The zero-order valence-corrected chi connectivity index (χ0v) is 14.3. The lowest BCUT2D eigenvalue weighted by Gasteiger charge is -2.17. The first-order valence-electron chi connectivity index (χ1n) is 7.47. The highest BCUT2D eigenvalue weighted by molar-refractivity contribution is 6.31. The van der Waals surface area contributed by atoms with Crippen molar-refractivity contribution < 1.29 is 14.6 Å². The second-order valence-electron chi connectivity index (χ2n) is 5.40. The molecule has 1 aromatic heterocycles. The van der Waals surface area contributed by atoms with Crippen molar-refractivity contribution in [1.82, 2.24) is 15.2 Å². The van der Waals surface area contributed by atoms with Gasteiger partial charge in [-0.1, -0.05) is 11.6 Å². The molecule has 2 aromatic carbocycles. The van der Waals surface area contributed by atoms with Crippen LogP contribution in [0.25, 0.3) is 11.0 Å². The SMILES string of the molecule is CC(Oc1ccc(N(C)c2nnc3cc(Cl)ccc3n2)cc1)C(=O)O. The van der Waals surface area contributed by atoms with Crippen LogP contribution < -0.4 is 9.64 Å². The van der Waals surface area contributed by atoms with E-state index in [0.717, 1.165) is 5.69 Å². The Balaban J connectivity index is 1.81. The number of ether oxygens (including phenoxy) is 1. The van der Waals surface area contributed by atoms with Gasteiger partial charge < -0.3 is 14.7 Å². The summed E-state index contributed by atoms with van der Waals surface area (Å²) in [5, 5.41) is 17.7. The topological polar surface area (TPSA) is 88.4 Å². The van der Waals surface area contributed by atoms with Crippen LogP contribution in [0.4, 0.5) is 11.6 Å². The Morgan fingerprint density at radius 2 is 1.88 bits per heavy atom. The standard InChI is InChI=1S/C17H15ClN4O3/c1-10(16(23)24)25-13-6-4-12(5-7-13)22(2)17-19-14-8-3-11(18)9-15(14)20-21-17/h3-10H,1-2H3,(H,23,24). The molecular weight excluding hydrogens is 344 g/mol. The number of aromatic nitrogens is 3. The zero-order chi connectivity index (χ0) is 18.0. The van der Waals surface area contributed by atoms with Gasteiger partial charge in [0.1, 0.15) is 11.3 Å². The summed E-state index contributed by atoms with van der Waals surface area (Å²) < 4.78 is 5.31. The molecule has 3 rings (SSSR count). The van der Waals surface area contributed by atoms with E-state index in [1.807, 2.05) is 7.05 Å². The Morgan fingerprint density at radius 1 is 1.16 bits per heavy atom. The molecular formula is C17H15ClN4O3. The second-order valence-corrected chi connectivity index (χ2v) is 5.83. The van der Waals surface area contributed by atoms with Gasteiger partial charge in [-0.05, 0) is 49.4 Å². The first-order valence-corrected chi connectivity index (χ1v) is 7.85. The molecule has 8 heteroatoms. The third-order valence-corrected chi connectivity index (χ3v) is 3.82. The van der Waals surface area contributed by atoms with Gasteiger partial charge in [0.25, 0.3) is 0 Å². The molecule has 0 aliphatic carbocycles. The van der Waals surface area contributed by atoms with E-state index >= 15 is 0 Å². The molecule has 128 valence electrons. The molecule has 3 aromatic rings. The maximum Gasteiger partial charge on any atom is 0.344 e. The molecule has 1 heterocycles. The van der Waals surface area contributed by atoms with Gasteiger partial charge in [0.2, 0.25) is 5.95 Å². The van der Waals surface area contributed by atoms with Gasteiger partial charge in [0.15, 0.2) is 6.10 Å². The molecule has 0 fully saturated rings. The molecule has 0 aliphatic rings. The number of nitrogens with zero attached hydrogens (tertiary/aromatic N) is 4. The lowest BCUT2D eigenvalue weighted by atomic mass is 10.3. The highest BCUT2D eigenvalue weighted by atomic mass is 35.5. The summed E-state index contributed by atoms with van der Waals surface area (Å²) >= 11 is 5.93. The molecule has 1 N–H and O–H groups in total. The molecule has 1 atom stereocenters. The lowest BCUT2D eigenvalue weighted by molar-refractivity contribution is -0.144. The minimum absolute atomic E-state index is 0.433. The van der Waals surface area contributed by atoms with Crippen LogP contribution in [0, 0.1) is 0 Å². The number of carboxylic acids is 1. The predicted octanol–water partition coefficient (Wildman–Crippen LogP) is 3.30. The number of carbonyl (C=O) groups is 1. The van der Waals surface area contributed by atoms with Crippen LogP contribution in [-0.2, 0) is 4.79 Å². The van der Waals surface area contributed by atoms with E-state index in [4.69, 9.17) is 21.4 Å². The minimum atomic E-state index is -1.02. The number of anilines is 2. The number of carboxylic acid groups (broad SMARTS) is 1. The van der Waals surface area contributed by atoms with E-state index in [1.54, 1.807) is 47.4 Å². The Hall–Kier alpha value is -2.93. The summed E-state index contributed by atoms with van der Waals surface area (Å²) in [5.41, 5.74) is 2.12. The first kappa shape index (κ1) is 16.9. The summed E-state index contributed by atoms with van der Waals surface area (Å²) in [4.78, 5) is 17.1. The van der Waals surface area contributed by atoms with Crippen molar-refractivity contribution in [2.24, 2.45) is 0 Å². The molecule has 25 heavy (non-hydrogen) atoms. The van der Waals surface area contributed by atoms with Crippen LogP contribution in [0.3, 0.4) is 0 Å². The second kappa shape index (κ2) is 6.90. The van der Waals surface area contributed by atoms with Gasteiger partial charge in [-0.3, -0.25) is 0 Å². The fourth-order valence-corrected chi connectivity index (χ4v) is 2.33. The monoisotopic (exact) mass is 358 g/mol. The van der Waals surface area contributed by atoms with Crippen LogP contribution >= 0.6 is 11.6 Å². The van der Waals surface area contributed by atoms with Crippen LogP contribution in [0.2, 0.25) is 5.02 Å². The normalized spacial score (nSPS) is 12.0. The smallest absolute Gasteiger partial charge is 0.344 e. The number of hydrogen-bond donors (Lipinski definition) is 1. The summed E-state index contributed by atoms with van der Waals surface area (Å²) in [6.07, 6.45) is -0.913. The fraction of sp³-hybridized carbons (Fsp3) is 0.176. The highest BCUT2D eigenvalue weighted by Crippen LogP contribution is 2.24. The Morgan fingerprint density at radius 3 is 2.56 bits per heavy atom. The molecule has 0 radical (unpaired) electrons. The van der Waals surface area contributed by atoms with Crippen molar-refractivity contribution >= 4 is 40.2 Å². The zero-order valence-electron chi connectivity index (χ0n) is 13.5. The van der Waals surface area contributed by atoms with E-state index in [1.165, 1.54) is 6.92 Å². The van der Waals surface area contributed by atoms with Gasteiger partial charge in [-0.2, -0.15) is 0 Å². The summed E-state index contributed by atoms with van der Waals surface area (Å²) in [5.74, 6) is -0.112.